The molecule has 2 saturated carbocycles. The number of nitrogens with one attached hydrogen (secondary N) is 1. The van der Waals surface area contributed by atoms with E-state index in [4.69, 9.17) is 5.41 Å². The van der Waals surface area contributed by atoms with Gasteiger partial charge >= 0.3 is 5.91 Å². The van der Waals surface area contributed by atoms with E-state index in [1.165, 1.54) is 0 Å². The topological polar surface area (TPSA) is 104 Å². The van der Waals surface area contributed by atoms with Crippen LogP contribution in [0, 0.1) is 5.92 Å². The van der Waals surface area contributed by atoms with E-state index >= 15 is 0 Å². The van der Waals surface area contributed by atoms with Gasteiger partial charge in [0.15, 0.2) is 6.67 Å². The van der Waals surface area contributed by atoms with Crippen molar-refractivity contribution in [1.29, 1.82) is 0 Å². The minimum Gasteiger partial charge on any atom is -0.326 e. The molecule has 1 aliphatic heterocycles. The van der Waals surface area contributed by atoms with E-state index in [-0.39, 0.29) is 29.6 Å². The predicted octanol–water partition coefficient (Wildman–Crippen LogP) is 0.944. The third-order valence-corrected chi connectivity index (χ3v) is 6.28. The maximum absolute atomic E-state index is 13.2. The summed E-state index contributed by atoms with van der Waals surface area (Å²) in [5, 5.41) is 8.12. The smallest absolute Gasteiger partial charge is 0.326 e. The Bertz CT molecular complexity index is 938. The minimum absolute atomic E-state index is 0.0118. The highest BCUT2D eigenvalue weighted by Gasteiger charge is 2.37. The SMILES string of the molecule is [NH2+]=C(NC(=O)CF)c1ccc2c(c1)C(=O)N(C1CCCCC1=NC(=O)C1CCC1)C2. The summed E-state index contributed by atoms with van der Waals surface area (Å²) in [6.45, 7) is -0.714. The van der Waals surface area contributed by atoms with Crippen molar-refractivity contribution in [2.45, 2.75) is 57.5 Å². The molecule has 0 bridgehead atoms. The summed E-state index contributed by atoms with van der Waals surface area (Å²) < 4.78 is 12.4. The van der Waals surface area contributed by atoms with Crippen LogP contribution in [0.1, 0.15) is 66.4 Å². The van der Waals surface area contributed by atoms with Crippen LogP contribution < -0.4 is 10.7 Å². The molecule has 0 radical (unpaired) electrons. The predicted molar refractivity (Wildman–Crippen MR) is 109 cm³/mol. The van der Waals surface area contributed by atoms with Crippen molar-refractivity contribution in [3.05, 3.63) is 34.9 Å². The number of hydrogen-bond donors (Lipinski definition) is 2. The Kier molecular flexibility index (Phi) is 5.74. The van der Waals surface area contributed by atoms with Crippen LogP contribution in [0.5, 0.6) is 0 Å². The number of aliphatic imine (C=N–C) groups is 1. The van der Waals surface area contributed by atoms with E-state index in [1.54, 1.807) is 23.1 Å². The van der Waals surface area contributed by atoms with Crippen molar-refractivity contribution in [1.82, 2.24) is 10.2 Å². The fraction of sp³-hybridized carbons (Fsp3) is 0.500. The molecule has 0 saturated heterocycles. The van der Waals surface area contributed by atoms with Crippen LogP contribution in [0.25, 0.3) is 0 Å². The van der Waals surface area contributed by atoms with Crippen LogP contribution in [0.2, 0.25) is 0 Å². The maximum Gasteiger partial charge on any atom is 0.338 e. The number of amidine groups is 1. The minimum atomic E-state index is -1.16. The molecular formula is C22H26FN4O3+. The van der Waals surface area contributed by atoms with Gasteiger partial charge in [-0.05, 0) is 49.8 Å². The molecule has 2 aliphatic carbocycles. The van der Waals surface area contributed by atoms with Gasteiger partial charge in [0.2, 0.25) is 5.91 Å². The largest absolute Gasteiger partial charge is 0.338 e. The van der Waals surface area contributed by atoms with Crippen LogP contribution in [-0.2, 0) is 16.1 Å². The van der Waals surface area contributed by atoms with Crippen LogP contribution >= 0.6 is 0 Å². The van der Waals surface area contributed by atoms with Gasteiger partial charge in [-0.1, -0.05) is 18.9 Å². The first kappa shape index (κ1) is 20.4. The Labute approximate surface area is 174 Å². The van der Waals surface area contributed by atoms with Crippen LogP contribution in [0.4, 0.5) is 4.39 Å². The molecule has 1 heterocycles. The first-order valence-corrected chi connectivity index (χ1v) is 10.5. The zero-order valence-corrected chi connectivity index (χ0v) is 16.8. The number of nitrogens with two attached hydrogens (primary N) is 1. The number of halogens is 1. The fourth-order valence-electron chi connectivity index (χ4n) is 4.33. The molecule has 0 spiro atoms. The van der Waals surface area contributed by atoms with E-state index in [9.17, 15) is 18.8 Å². The van der Waals surface area contributed by atoms with Gasteiger partial charge in [0, 0.05) is 23.7 Å². The van der Waals surface area contributed by atoms with Crippen molar-refractivity contribution in [3.63, 3.8) is 0 Å². The second-order valence-electron chi connectivity index (χ2n) is 8.23. The Morgan fingerprint density at radius 1 is 1.20 bits per heavy atom. The van der Waals surface area contributed by atoms with Crippen molar-refractivity contribution >= 4 is 29.3 Å². The number of rotatable bonds is 4. The molecule has 0 aromatic heterocycles. The number of amides is 3. The van der Waals surface area contributed by atoms with Crippen LogP contribution in [-0.4, -0.2) is 46.9 Å². The number of carbonyl (C=O) groups is 3. The number of benzene rings is 1. The first-order chi connectivity index (χ1) is 14.5. The summed E-state index contributed by atoms with van der Waals surface area (Å²) in [6, 6.07) is 4.97. The Hall–Kier alpha value is -2.90. The summed E-state index contributed by atoms with van der Waals surface area (Å²) in [5.41, 5.74) is 2.66. The summed E-state index contributed by atoms with van der Waals surface area (Å²) in [4.78, 5) is 43.1. The van der Waals surface area contributed by atoms with Gasteiger partial charge in [0.05, 0.1) is 11.6 Å². The van der Waals surface area contributed by atoms with Crippen LogP contribution in [0.15, 0.2) is 23.2 Å². The maximum atomic E-state index is 13.2. The van der Waals surface area contributed by atoms with Gasteiger partial charge in [-0.2, -0.15) is 0 Å². The zero-order chi connectivity index (χ0) is 21.3. The Morgan fingerprint density at radius 2 is 2.00 bits per heavy atom. The molecule has 8 heteroatoms. The quantitative estimate of drug-likeness (QED) is 0.567. The van der Waals surface area contributed by atoms with Crippen LogP contribution in [0.3, 0.4) is 0 Å². The molecule has 3 N–H and O–H groups in total. The molecule has 1 unspecified atom stereocenters. The lowest BCUT2D eigenvalue weighted by molar-refractivity contribution is -0.129. The number of nitrogens with zero attached hydrogens (tertiary/aromatic N) is 2. The summed E-state index contributed by atoms with van der Waals surface area (Å²) in [6.07, 6.45) is 6.41. The average Bonchev–Trinajstić information content (AvgIpc) is 3.02. The molecule has 1 atom stereocenters. The summed E-state index contributed by atoms with van der Waals surface area (Å²) in [5.74, 6) is -0.947. The molecule has 1 aromatic carbocycles. The lowest BCUT2D eigenvalue weighted by Gasteiger charge is -2.33. The lowest BCUT2D eigenvalue weighted by atomic mass is 9.84. The number of fused-ring (bicyclic) bond motifs is 1. The highest BCUT2D eigenvalue weighted by molar-refractivity contribution is 6.08. The van der Waals surface area contributed by atoms with Gasteiger partial charge in [-0.3, -0.25) is 15.0 Å². The molecule has 4 rings (SSSR count). The normalized spacial score (nSPS) is 22.6. The highest BCUT2D eigenvalue weighted by Crippen LogP contribution is 2.32. The van der Waals surface area contributed by atoms with Crippen molar-refractivity contribution < 1.29 is 24.2 Å². The van der Waals surface area contributed by atoms with Gasteiger partial charge in [-0.25, -0.2) is 19.5 Å². The third-order valence-electron chi connectivity index (χ3n) is 6.28. The van der Waals surface area contributed by atoms with E-state index in [0.29, 0.717) is 17.7 Å². The van der Waals surface area contributed by atoms with Gasteiger partial charge in [0.1, 0.15) is 0 Å². The van der Waals surface area contributed by atoms with Gasteiger partial charge in [-0.15, -0.1) is 0 Å². The molecule has 3 aliphatic rings. The van der Waals surface area contributed by atoms with Crippen molar-refractivity contribution in [3.8, 4) is 0 Å². The van der Waals surface area contributed by atoms with E-state index in [2.05, 4.69) is 10.3 Å². The molecule has 30 heavy (non-hydrogen) atoms. The monoisotopic (exact) mass is 413 g/mol. The highest BCUT2D eigenvalue weighted by atomic mass is 19.1. The second kappa shape index (κ2) is 8.45. The summed E-state index contributed by atoms with van der Waals surface area (Å²) in [7, 11) is 0. The fourth-order valence-corrected chi connectivity index (χ4v) is 4.33. The molecule has 7 nitrogen and oxygen atoms in total. The van der Waals surface area contributed by atoms with Crippen molar-refractivity contribution in [2.75, 3.05) is 6.67 Å². The number of carbonyl (C=O) groups excluding carboxylic acids is 3. The molecule has 158 valence electrons. The average molecular weight is 413 g/mol. The zero-order valence-electron chi connectivity index (χ0n) is 16.8. The van der Waals surface area contributed by atoms with E-state index in [0.717, 1.165) is 56.2 Å². The molecule has 1 aromatic rings. The third kappa shape index (κ3) is 3.91. The van der Waals surface area contributed by atoms with Crippen molar-refractivity contribution in [2.24, 2.45) is 10.9 Å². The molecular weight excluding hydrogens is 387 g/mol. The van der Waals surface area contributed by atoms with Gasteiger partial charge < -0.3 is 4.90 Å². The first-order valence-electron chi connectivity index (χ1n) is 10.5. The van der Waals surface area contributed by atoms with Gasteiger partial charge in [0.25, 0.3) is 11.7 Å². The molecule has 2 fully saturated rings. The standard InChI is InChI=1S/C22H25FN4O3/c23-11-19(28)26-20(24)14-8-9-15-12-27(22(30)16(15)10-14)18-7-2-1-6-17(18)25-21(29)13-4-3-5-13/h8-10,13,18H,1-7,11-12H2,(H2,24,26,28)/p+1. The second-order valence-corrected chi connectivity index (χ2v) is 8.23. The Balaban J connectivity index is 1.53. The molecule has 3 amide bonds. The number of hydrogen-bond acceptors (Lipinski definition) is 3. The Morgan fingerprint density at radius 3 is 2.70 bits per heavy atom. The number of alkyl halides is 1. The summed E-state index contributed by atoms with van der Waals surface area (Å²) >= 11 is 0. The van der Waals surface area contributed by atoms with E-state index in [1.807, 2.05) is 0 Å². The van der Waals surface area contributed by atoms with E-state index < -0.39 is 12.6 Å². The lowest BCUT2D eigenvalue weighted by Crippen LogP contribution is -2.52.